The Morgan fingerprint density at radius 1 is 1.35 bits per heavy atom. The highest BCUT2D eigenvalue weighted by Crippen LogP contribution is 2.30. The Kier molecular flexibility index (Phi) is 7.55. The van der Waals surface area contributed by atoms with Crippen LogP contribution in [-0.4, -0.2) is 39.1 Å². The number of halogens is 2. The van der Waals surface area contributed by atoms with Crippen LogP contribution in [0, 0.1) is 0 Å². The SMILES string of the molecule is CCc1cc(-c2nnc(SCC(=O)Nc3ccc(Cl)cc3Cl)n2C[C@H]2CCCO2)cs1. The summed E-state index contributed by atoms with van der Waals surface area (Å²) >= 11 is 15.1. The molecule has 0 unspecified atom stereocenters. The van der Waals surface area contributed by atoms with Crippen LogP contribution in [0.2, 0.25) is 10.0 Å². The van der Waals surface area contributed by atoms with Gasteiger partial charge in [0, 0.05) is 27.5 Å². The van der Waals surface area contributed by atoms with Crippen molar-refractivity contribution in [3.8, 4) is 11.4 Å². The lowest BCUT2D eigenvalue weighted by Gasteiger charge is -2.14. The molecule has 0 aliphatic carbocycles. The fourth-order valence-electron chi connectivity index (χ4n) is 3.36. The van der Waals surface area contributed by atoms with Gasteiger partial charge in [0.05, 0.1) is 29.1 Å². The van der Waals surface area contributed by atoms with Gasteiger partial charge in [0.2, 0.25) is 5.91 Å². The number of benzene rings is 1. The third kappa shape index (κ3) is 5.62. The van der Waals surface area contributed by atoms with Gasteiger partial charge in [0.25, 0.3) is 0 Å². The van der Waals surface area contributed by atoms with Crippen LogP contribution in [0.5, 0.6) is 0 Å². The van der Waals surface area contributed by atoms with Crippen molar-refractivity contribution in [2.45, 2.75) is 44.0 Å². The largest absolute Gasteiger partial charge is 0.376 e. The molecule has 1 aliphatic heterocycles. The summed E-state index contributed by atoms with van der Waals surface area (Å²) in [5, 5.41) is 15.4. The quantitative estimate of drug-likeness (QED) is 0.399. The van der Waals surface area contributed by atoms with E-state index >= 15 is 0 Å². The molecular formula is C21H22Cl2N4O2S2. The zero-order chi connectivity index (χ0) is 21.8. The third-order valence-electron chi connectivity index (χ3n) is 4.93. The summed E-state index contributed by atoms with van der Waals surface area (Å²) in [5.41, 5.74) is 1.58. The zero-order valence-electron chi connectivity index (χ0n) is 16.9. The van der Waals surface area contributed by atoms with E-state index in [1.54, 1.807) is 29.5 Å². The highest BCUT2D eigenvalue weighted by atomic mass is 35.5. The molecule has 0 spiro atoms. The maximum absolute atomic E-state index is 12.5. The Labute approximate surface area is 199 Å². The van der Waals surface area contributed by atoms with Gasteiger partial charge < -0.3 is 10.1 Å². The van der Waals surface area contributed by atoms with E-state index in [9.17, 15) is 4.79 Å². The number of carbonyl (C=O) groups is 1. The van der Waals surface area contributed by atoms with Gasteiger partial charge in [-0.05, 0) is 43.5 Å². The highest BCUT2D eigenvalue weighted by molar-refractivity contribution is 7.99. The zero-order valence-corrected chi connectivity index (χ0v) is 20.1. The second-order valence-corrected chi connectivity index (χ2v) is 9.95. The number of nitrogens with one attached hydrogen (secondary N) is 1. The van der Waals surface area contributed by atoms with Gasteiger partial charge in [-0.3, -0.25) is 9.36 Å². The van der Waals surface area contributed by atoms with Gasteiger partial charge in [0.1, 0.15) is 0 Å². The summed E-state index contributed by atoms with van der Waals surface area (Å²) in [7, 11) is 0. The van der Waals surface area contributed by atoms with E-state index in [-0.39, 0.29) is 17.8 Å². The summed E-state index contributed by atoms with van der Waals surface area (Å²) in [6, 6.07) is 7.13. The molecule has 1 fully saturated rings. The molecule has 1 amide bonds. The monoisotopic (exact) mass is 496 g/mol. The Bertz CT molecular complexity index is 1060. The van der Waals surface area contributed by atoms with E-state index < -0.39 is 0 Å². The molecule has 0 radical (unpaired) electrons. The van der Waals surface area contributed by atoms with Crippen molar-refractivity contribution in [2.24, 2.45) is 0 Å². The molecular weight excluding hydrogens is 475 g/mol. The average Bonchev–Trinajstić information content (AvgIpc) is 3.50. The Hall–Kier alpha value is -1.58. The number of hydrogen-bond acceptors (Lipinski definition) is 6. The van der Waals surface area contributed by atoms with Crippen molar-refractivity contribution in [1.29, 1.82) is 0 Å². The van der Waals surface area contributed by atoms with Gasteiger partial charge in [-0.25, -0.2) is 0 Å². The molecule has 3 aromatic rings. The number of carbonyl (C=O) groups excluding carboxylic acids is 1. The summed E-state index contributed by atoms with van der Waals surface area (Å²) in [4.78, 5) is 13.8. The molecule has 0 bridgehead atoms. The van der Waals surface area contributed by atoms with E-state index in [4.69, 9.17) is 27.9 Å². The number of aromatic nitrogens is 3. The molecule has 10 heteroatoms. The first kappa shape index (κ1) is 22.6. The van der Waals surface area contributed by atoms with E-state index in [0.29, 0.717) is 27.4 Å². The molecule has 1 atom stereocenters. The second kappa shape index (κ2) is 10.4. The molecule has 6 nitrogen and oxygen atoms in total. The van der Waals surface area contributed by atoms with Crippen molar-refractivity contribution in [3.05, 3.63) is 44.6 Å². The van der Waals surface area contributed by atoms with Crippen LogP contribution in [0.15, 0.2) is 34.8 Å². The van der Waals surface area contributed by atoms with E-state index in [1.165, 1.54) is 16.6 Å². The number of rotatable bonds is 8. The van der Waals surface area contributed by atoms with E-state index in [1.807, 2.05) is 0 Å². The van der Waals surface area contributed by atoms with Crippen molar-refractivity contribution in [3.63, 3.8) is 0 Å². The van der Waals surface area contributed by atoms with Gasteiger partial charge in [0.15, 0.2) is 11.0 Å². The summed E-state index contributed by atoms with van der Waals surface area (Å²) in [6.45, 7) is 3.60. The Balaban J connectivity index is 1.49. The molecule has 1 saturated heterocycles. The normalized spacial score (nSPS) is 16.0. The summed E-state index contributed by atoms with van der Waals surface area (Å²) in [6.07, 6.45) is 3.20. The number of thiophene rings is 1. The van der Waals surface area contributed by atoms with E-state index in [0.717, 1.165) is 37.3 Å². The number of anilines is 1. The first-order valence-electron chi connectivity index (χ1n) is 10.0. The predicted octanol–water partition coefficient (Wildman–Crippen LogP) is 5.79. The molecule has 164 valence electrons. The topological polar surface area (TPSA) is 69.0 Å². The van der Waals surface area contributed by atoms with Crippen molar-refractivity contribution >= 4 is 57.9 Å². The molecule has 0 saturated carbocycles. The molecule has 1 N–H and O–H groups in total. The Morgan fingerprint density at radius 3 is 2.94 bits per heavy atom. The molecule has 4 rings (SSSR count). The number of thioether (sulfide) groups is 1. The van der Waals surface area contributed by atoms with Crippen LogP contribution in [-0.2, 0) is 22.5 Å². The van der Waals surface area contributed by atoms with E-state index in [2.05, 4.69) is 38.5 Å². The van der Waals surface area contributed by atoms with Crippen molar-refractivity contribution < 1.29 is 9.53 Å². The Morgan fingerprint density at radius 2 is 2.23 bits per heavy atom. The van der Waals surface area contributed by atoms with Gasteiger partial charge in [-0.2, -0.15) is 0 Å². The lowest BCUT2D eigenvalue weighted by Crippen LogP contribution is -2.18. The van der Waals surface area contributed by atoms with Crippen LogP contribution in [0.1, 0.15) is 24.6 Å². The fourth-order valence-corrected chi connectivity index (χ4v) is 5.37. The fraction of sp³-hybridized carbons (Fsp3) is 0.381. The molecule has 1 aromatic carbocycles. The molecule has 2 aromatic heterocycles. The third-order valence-corrected chi connectivity index (χ3v) is 7.52. The average molecular weight is 497 g/mol. The van der Waals surface area contributed by atoms with Crippen LogP contribution >= 0.6 is 46.3 Å². The molecule has 3 heterocycles. The second-order valence-electron chi connectivity index (χ2n) is 7.17. The number of nitrogens with zero attached hydrogens (tertiary/aromatic N) is 3. The van der Waals surface area contributed by atoms with Gasteiger partial charge >= 0.3 is 0 Å². The van der Waals surface area contributed by atoms with Crippen LogP contribution in [0.25, 0.3) is 11.4 Å². The first-order chi connectivity index (χ1) is 15.0. The standard InChI is InChI=1S/C21H22Cl2N4O2S2/c1-2-16-8-13(11-30-16)20-25-26-21(27(20)10-15-4-3-7-29-15)31-12-19(28)24-18-6-5-14(22)9-17(18)23/h5-6,8-9,11,15H,2-4,7,10,12H2,1H3,(H,24,28)/t15-/m1/s1. The molecule has 1 aliphatic rings. The maximum atomic E-state index is 12.5. The molecule has 31 heavy (non-hydrogen) atoms. The first-order valence-corrected chi connectivity index (χ1v) is 12.7. The number of aryl methyl sites for hydroxylation is 1. The van der Waals surface area contributed by atoms with Crippen LogP contribution in [0.3, 0.4) is 0 Å². The van der Waals surface area contributed by atoms with Crippen LogP contribution < -0.4 is 5.32 Å². The minimum absolute atomic E-state index is 0.139. The number of hydrogen-bond donors (Lipinski definition) is 1. The minimum atomic E-state index is -0.175. The number of ether oxygens (including phenoxy) is 1. The van der Waals surface area contributed by atoms with Crippen molar-refractivity contribution in [2.75, 3.05) is 17.7 Å². The van der Waals surface area contributed by atoms with Crippen molar-refractivity contribution in [1.82, 2.24) is 14.8 Å². The minimum Gasteiger partial charge on any atom is -0.376 e. The number of amides is 1. The highest BCUT2D eigenvalue weighted by Gasteiger charge is 2.23. The smallest absolute Gasteiger partial charge is 0.234 e. The summed E-state index contributed by atoms with van der Waals surface area (Å²) < 4.78 is 7.91. The lowest BCUT2D eigenvalue weighted by atomic mass is 10.2. The van der Waals surface area contributed by atoms with Gasteiger partial charge in [-0.15, -0.1) is 21.5 Å². The predicted molar refractivity (Wildman–Crippen MR) is 128 cm³/mol. The summed E-state index contributed by atoms with van der Waals surface area (Å²) in [5.74, 6) is 0.827. The lowest BCUT2D eigenvalue weighted by molar-refractivity contribution is -0.113. The van der Waals surface area contributed by atoms with Gasteiger partial charge in [-0.1, -0.05) is 41.9 Å². The maximum Gasteiger partial charge on any atom is 0.234 e. The van der Waals surface area contributed by atoms with Crippen LogP contribution in [0.4, 0.5) is 5.69 Å².